The fourth-order valence-corrected chi connectivity index (χ4v) is 4.99. The molecule has 2 atom stereocenters. The average Bonchev–Trinajstić information content (AvgIpc) is 3.47. The Labute approximate surface area is 176 Å². The number of amides is 1. The number of aromatic nitrogens is 1. The lowest BCUT2D eigenvalue weighted by atomic mass is 9.90. The Morgan fingerprint density at radius 1 is 1.31 bits per heavy atom. The lowest BCUT2D eigenvalue weighted by molar-refractivity contribution is -0.123. The number of thiazole rings is 1. The van der Waals surface area contributed by atoms with Crippen LogP contribution in [-0.2, 0) is 11.3 Å². The van der Waals surface area contributed by atoms with Gasteiger partial charge in [-0.2, -0.15) is 0 Å². The highest BCUT2D eigenvalue weighted by atomic mass is 32.1. The number of likely N-dealkylation sites (tertiary alicyclic amines) is 1. The first-order valence-electron chi connectivity index (χ1n) is 10.3. The largest absolute Gasteiger partial charge is 0.493 e. The van der Waals surface area contributed by atoms with Gasteiger partial charge in [-0.1, -0.05) is 12.1 Å². The maximum atomic E-state index is 12.5. The third-order valence-electron chi connectivity index (χ3n) is 5.86. The minimum absolute atomic E-state index is 0.00175. The molecule has 1 saturated heterocycles. The highest BCUT2D eigenvalue weighted by Crippen LogP contribution is 2.36. The molecule has 1 aliphatic carbocycles. The third kappa shape index (κ3) is 4.73. The van der Waals surface area contributed by atoms with Gasteiger partial charge in [0, 0.05) is 36.1 Å². The van der Waals surface area contributed by atoms with Crippen LogP contribution in [0.4, 0.5) is 0 Å². The molecule has 0 spiro atoms. The smallest absolute Gasteiger partial charge is 0.223 e. The van der Waals surface area contributed by atoms with E-state index in [1.54, 1.807) is 25.6 Å². The molecule has 1 aromatic carbocycles. The number of piperidine rings is 1. The Hall–Kier alpha value is -2.12. The first kappa shape index (κ1) is 20.2. The van der Waals surface area contributed by atoms with Crippen molar-refractivity contribution in [3.63, 3.8) is 0 Å². The quantitative estimate of drug-likeness (QED) is 0.713. The van der Waals surface area contributed by atoms with E-state index in [4.69, 9.17) is 9.47 Å². The summed E-state index contributed by atoms with van der Waals surface area (Å²) in [6, 6.07) is 6.02. The number of hydrogen-bond donors (Lipinski definition) is 1. The zero-order valence-corrected chi connectivity index (χ0v) is 17.9. The van der Waals surface area contributed by atoms with Crippen molar-refractivity contribution in [2.75, 3.05) is 27.3 Å². The number of carbonyl (C=O) groups excluding carboxylic acids is 1. The summed E-state index contributed by atoms with van der Waals surface area (Å²) in [4.78, 5) is 19.5. The average molecular weight is 416 g/mol. The van der Waals surface area contributed by atoms with Gasteiger partial charge in [0.25, 0.3) is 0 Å². The van der Waals surface area contributed by atoms with E-state index in [1.807, 2.05) is 23.7 Å². The van der Waals surface area contributed by atoms with Crippen LogP contribution in [0.5, 0.6) is 11.5 Å². The maximum Gasteiger partial charge on any atom is 0.223 e. The Morgan fingerprint density at radius 2 is 2.17 bits per heavy atom. The summed E-state index contributed by atoms with van der Waals surface area (Å²) in [7, 11) is 3.35. The number of hydrogen-bond acceptors (Lipinski definition) is 6. The molecule has 2 heterocycles. The SMILES string of the molecule is COc1cccc(CN2CCC[C@@H]([C@H](NC(=O)C3CC3)c3nccs3)C2)c1OC. The Morgan fingerprint density at radius 3 is 2.86 bits per heavy atom. The molecule has 2 fully saturated rings. The van der Waals surface area contributed by atoms with Gasteiger partial charge in [-0.3, -0.25) is 9.69 Å². The molecule has 1 N–H and O–H groups in total. The van der Waals surface area contributed by atoms with Gasteiger partial charge in [0.2, 0.25) is 5.91 Å². The fourth-order valence-electron chi connectivity index (χ4n) is 4.21. The molecular formula is C22H29N3O3S. The van der Waals surface area contributed by atoms with Crippen LogP contribution in [0.1, 0.15) is 42.3 Å². The van der Waals surface area contributed by atoms with Crippen LogP contribution in [-0.4, -0.2) is 43.1 Å². The molecule has 1 amide bonds. The summed E-state index contributed by atoms with van der Waals surface area (Å²) in [5, 5.41) is 6.33. The standard InChI is InChI=1S/C22H29N3O3S/c1-27-18-7-3-5-17(20(18)28-2)14-25-11-4-6-16(13-25)19(22-23-10-12-29-22)24-21(26)15-8-9-15/h3,5,7,10,12,15-16,19H,4,6,8-9,11,13-14H2,1-2H3,(H,24,26)/t16-,19+/m1/s1. The third-order valence-corrected chi connectivity index (χ3v) is 6.71. The topological polar surface area (TPSA) is 63.7 Å². The molecule has 1 aromatic heterocycles. The highest BCUT2D eigenvalue weighted by Gasteiger charge is 2.36. The summed E-state index contributed by atoms with van der Waals surface area (Å²) >= 11 is 1.63. The molecule has 2 aromatic rings. The van der Waals surface area contributed by atoms with Crippen molar-refractivity contribution in [1.29, 1.82) is 0 Å². The van der Waals surface area contributed by atoms with Crippen molar-refractivity contribution in [2.24, 2.45) is 11.8 Å². The summed E-state index contributed by atoms with van der Waals surface area (Å²) < 4.78 is 11.1. The van der Waals surface area contributed by atoms with Crippen molar-refractivity contribution < 1.29 is 14.3 Å². The highest BCUT2D eigenvalue weighted by molar-refractivity contribution is 7.09. The first-order chi connectivity index (χ1) is 14.2. The molecule has 0 radical (unpaired) electrons. The lowest BCUT2D eigenvalue weighted by Crippen LogP contribution is -2.43. The van der Waals surface area contributed by atoms with E-state index in [1.165, 1.54) is 0 Å². The molecule has 2 aliphatic rings. The molecule has 4 rings (SSSR count). The fraction of sp³-hybridized carbons (Fsp3) is 0.545. The molecule has 29 heavy (non-hydrogen) atoms. The first-order valence-corrected chi connectivity index (χ1v) is 11.2. The molecule has 6 nitrogen and oxygen atoms in total. The van der Waals surface area contributed by atoms with E-state index >= 15 is 0 Å². The van der Waals surface area contributed by atoms with E-state index in [9.17, 15) is 4.79 Å². The van der Waals surface area contributed by atoms with Crippen molar-refractivity contribution in [3.05, 3.63) is 40.3 Å². The number of nitrogens with one attached hydrogen (secondary N) is 1. The van der Waals surface area contributed by atoms with Crippen molar-refractivity contribution >= 4 is 17.2 Å². The van der Waals surface area contributed by atoms with Gasteiger partial charge in [-0.25, -0.2) is 4.98 Å². The zero-order valence-electron chi connectivity index (χ0n) is 17.1. The zero-order chi connectivity index (χ0) is 20.2. The van der Waals surface area contributed by atoms with E-state index in [0.29, 0.717) is 5.92 Å². The van der Waals surface area contributed by atoms with Crippen LogP contribution in [0.3, 0.4) is 0 Å². The number of rotatable bonds is 8. The number of para-hydroxylation sites is 1. The monoisotopic (exact) mass is 415 g/mol. The van der Waals surface area contributed by atoms with Crippen molar-refractivity contribution in [1.82, 2.24) is 15.2 Å². The van der Waals surface area contributed by atoms with Gasteiger partial charge in [-0.05, 0) is 44.2 Å². The summed E-state index contributed by atoms with van der Waals surface area (Å²) in [5.74, 6) is 2.32. The van der Waals surface area contributed by atoms with Gasteiger partial charge in [0.05, 0.1) is 20.3 Å². The molecule has 1 saturated carbocycles. The summed E-state index contributed by atoms with van der Waals surface area (Å²) in [6.45, 7) is 2.77. The second-order valence-electron chi connectivity index (χ2n) is 7.92. The van der Waals surface area contributed by atoms with E-state index < -0.39 is 0 Å². The van der Waals surface area contributed by atoms with E-state index in [0.717, 1.165) is 67.4 Å². The number of benzene rings is 1. The van der Waals surface area contributed by atoms with E-state index in [-0.39, 0.29) is 17.9 Å². The van der Waals surface area contributed by atoms with Crippen LogP contribution < -0.4 is 14.8 Å². The second-order valence-corrected chi connectivity index (χ2v) is 8.85. The van der Waals surface area contributed by atoms with Crippen LogP contribution in [0.25, 0.3) is 0 Å². The number of carbonyl (C=O) groups is 1. The van der Waals surface area contributed by atoms with Gasteiger partial charge in [0.1, 0.15) is 5.01 Å². The maximum absolute atomic E-state index is 12.5. The number of nitrogens with zero attached hydrogens (tertiary/aromatic N) is 2. The predicted molar refractivity (Wildman–Crippen MR) is 113 cm³/mol. The van der Waals surface area contributed by atoms with Gasteiger partial charge >= 0.3 is 0 Å². The van der Waals surface area contributed by atoms with Crippen LogP contribution in [0, 0.1) is 11.8 Å². The summed E-state index contributed by atoms with van der Waals surface area (Å²) in [5.41, 5.74) is 1.13. The Bertz CT molecular complexity index is 823. The minimum atomic E-state index is -0.00175. The minimum Gasteiger partial charge on any atom is -0.493 e. The molecule has 1 aliphatic heterocycles. The number of methoxy groups -OCH3 is 2. The summed E-state index contributed by atoms with van der Waals surface area (Å²) in [6.07, 6.45) is 6.07. The predicted octanol–water partition coefficient (Wildman–Crippen LogP) is 3.64. The van der Waals surface area contributed by atoms with Crippen LogP contribution in [0.15, 0.2) is 29.8 Å². The Balaban J connectivity index is 1.48. The molecule has 7 heteroatoms. The second kappa shape index (κ2) is 9.13. The normalized spacial score (nSPS) is 20.8. The van der Waals surface area contributed by atoms with Crippen molar-refractivity contribution in [2.45, 2.75) is 38.3 Å². The van der Waals surface area contributed by atoms with E-state index in [2.05, 4.69) is 21.3 Å². The molecule has 0 bridgehead atoms. The van der Waals surface area contributed by atoms with Gasteiger partial charge < -0.3 is 14.8 Å². The molecule has 156 valence electrons. The van der Waals surface area contributed by atoms with Crippen molar-refractivity contribution in [3.8, 4) is 11.5 Å². The van der Waals surface area contributed by atoms with Crippen LogP contribution in [0.2, 0.25) is 0 Å². The van der Waals surface area contributed by atoms with Gasteiger partial charge in [-0.15, -0.1) is 11.3 Å². The number of ether oxygens (including phenoxy) is 2. The van der Waals surface area contributed by atoms with Crippen LogP contribution >= 0.6 is 11.3 Å². The lowest BCUT2D eigenvalue weighted by Gasteiger charge is -2.37. The van der Waals surface area contributed by atoms with Gasteiger partial charge in [0.15, 0.2) is 11.5 Å². The Kier molecular flexibility index (Phi) is 6.35. The molecular weight excluding hydrogens is 386 g/mol. The molecule has 0 unspecified atom stereocenters.